The van der Waals surface area contributed by atoms with Crippen molar-refractivity contribution < 1.29 is 24.2 Å². The van der Waals surface area contributed by atoms with Crippen molar-refractivity contribution in [1.29, 1.82) is 0 Å². The maximum absolute atomic E-state index is 11.4. The highest BCUT2D eigenvalue weighted by Gasteiger charge is 2.28. The molecule has 1 aliphatic carbocycles. The minimum Gasteiger partial charge on any atom is -0.490 e. The summed E-state index contributed by atoms with van der Waals surface area (Å²) in [4.78, 5) is 22.6. The van der Waals surface area contributed by atoms with Crippen molar-refractivity contribution in [3.8, 4) is 0 Å². The Labute approximate surface area is 113 Å². The van der Waals surface area contributed by atoms with Gasteiger partial charge in [-0.2, -0.15) is 0 Å². The molecule has 0 aromatic rings. The van der Waals surface area contributed by atoms with Crippen molar-refractivity contribution in [2.45, 2.75) is 33.1 Å². The van der Waals surface area contributed by atoms with E-state index in [0.717, 1.165) is 12.8 Å². The Morgan fingerprint density at radius 3 is 2.05 bits per heavy atom. The third kappa shape index (κ3) is 5.26. The van der Waals surface area contributed by atoms with Crippen LogP contribution in [0.15, 0.2) is 23.2 Å². The minimum atomic E-state index is -0.337. The van der Waals surface area contributed by atoms with Crippen molar-refractivity contribution >= 4 is 11.6 Å². The average Bonchev–Trinajstić information content (AvgIpc) is 2.40. The lowest BCUT2D eigenvalue weighted by Crippen LogP contribution is -2.20. The number of aliphatic hydroxyl groups is 1. The molecule has 1 rings (SSSR count). The van der Waals surface area contributed by atoms with Gasteiger partial charge in [0.05, 0.1) is 14.2 Å². The largest absolute Gasteiger partial charge is 0.490 e. The van der Waals surface area contributed by atoms with Crippen molar-refractivity contribution in [3.63, 3.8) is 0 Å². The van der Waals surface area contributed by atoms with Crippen LogP contribution in [0, 0.1) is 0 Å². The number of hydrogen-bond acceptors (Lipinski definition) is 5. The average molecular weight is 270 g/mol. The molecule has 1 N–H and O–H groups in total. The molecule has 108 valence electrons. The Kier molecular flexibility index (Phi) is 8.53. The molecule has 0 aliphatic heterocycles. The first kappa shape index (κ1) is 17.4. The minimum absolute atomic E-state index is 0.0208. The van der Waals surface area contributed by atoms with Crippen LogP contribution in [0.4, 0.5) is 0 Å². The van der Waals surface area contributed by atoms with Gasteiger partial charge in [0, 0.05) is 12.2 Å². The quantitative estimate of drug-likeness (QED) is 0.608. The van der Waals surface area contributed by atoms with Crippen LogP contribution >= 0.6 is 0 Å². The summed E-state index contributed by atoms with van der Waals surface area (Å²) >= 11 is 0. The molecule has 1 aliphatic rings. The van der Waals surface area contributed by atoms with Crippen molar-refractivity contribution in [1.82, 2.24) is 0 Å². The third-order valence-corrected chi connectivity index (χ3v) is 2.51. The fraction of sp³-hybridized carbons (Fsp3) is 0.571. The Balaban J connectivity index is 0.000000459. The van der Waals surface area contributed by atoms with Crippen molar-refractivity contribution in [3.05, 3.63) is 23.2 Å². The van der Waals surface area contributed by atoms with Gasteiger partial charge in [-0.25, -0.2) is 0 Å². The number of allylic oxidation sites excluding steroid dienone is 2. The van der Waals surface area contributed by atoms with Crippen LogP contribution < -0.4 is 0 Å². The number of rotatable bonds is 5. The molecule has 0 atom stereocenters. The summed E-state index contributed by atoms with van der Waals surface area (Å²) in [6.07, 6.45) is 4.57. The molecule has 0 unspecified atom stereocenters. The van der Waals surface area contributed by atoms with Crippen LogP contribution in [-0.2, 0) is 19.1 Å². The van der Waals surface area contributed by atoms with Gasteiger partial charge in [-0.15, -0.1) is 0 Å². The standard InChI is InChI=1S/C9H10O4.C5H12O/c1-5-4-6(10)8(12-2)9(13-3)7(5)11;1-2-3-4-5-6/h4H,1-3H3;6H,2-5H2,1H3. The molecule has 0 amide bonds. The molecule has 0 bridgehead atoms. The van der Waals surface area contributed by atoms with Gasteiger partial charge in [0.2, 0.25) is 23.1 Å². The van der Waals surface area contributed by atoms with Gasteiger partial charge in [0.25, 0.3) is 0 Å². The molecule has 5 nitrogen and oxygen atoms in total. The van der Waals surface area contributed by atoms with E-state index in [1.807, 2.05) is 0 Å². The predicted octanol–water partition coefficient (Wildman–Crippen LogP) is 1.76. The number of carbonyl (C=O) groups is 2. The number of methoxy groups -OCH3 is 2. The predicted molar refractivity (Wildman–Crippen MR) is 71.4 cm³/mol. The smallest absolute Gasteiger partial charge is 0.227 e. The third-order valence-electron chi connectivity index (χ3n) is 2.51. The van der Waals surface area contributed by atoms with Gasteiger partial charge in [-0.1, -0.05) is 19.8 Å². The van der Waals surface area contributed by atoms with Crippen molar-refractivity contribution in [2.75, 3.05) is 20.8 Å². The summed E-state index contributed by atoms with van der Waals surface area (Å²) in [7, 11) is 2.66. The maximum atomic E-state index is 11.4. The number of unbranched alkanes of at least 4 members (excludes halogenated alkanes) is 2. The van der Waals surface area contributed by atoms with E-state index < -0.39 is 0 Å². The van der Waals surface area contributed by atoms with E-state index in [1.165, 1.54) is 26.7 Å². The molecule has 0 fully saturated rings. The monoisotopic (exact) mass is 270 g/mol. The van der Waals surface area contributed by atoms with Crippen LogP contribution in [0.25, 0.3) is 0 Å². The molecular weight excluding hydrogens is 248 g/mol. The fourth-order valence-corrected chi connectivity index (χ4v) is 1.46. The Hall–Kier alpha value is -1.62. The Morgan fingerprint density at radius 2 is 1.68 bits per heavy atom. The Morgan fingerprint density at radius 1 is 1.11 bits per heavy atom. The van der Waals surface area contributed by atoms with Crippen molar-refractivity contribution in [2.24, 2.45) is 0 Å². The molecular formula is C14H22O5. The molecule has 0 aromatic heterocycles. The van der Waals surface area contributed by atoms with E-state index in [2.05, 4.69) is 6.92 Å². The number of aliphatic hydroxyl groups excluding tert-OH is 1. The number of hydrogen-bond donors (Lipinski definition) is 1. The summed E-state index contributed by atoms with van der Waals surface area (Å²) in [5, 5.41) is 8.20. The zero-order valence-electron chi connectivity index (χ0n) is 12.0. The normalized spacial score (nSPS) is 14.7. The summed E-state index contributed by atoms with van der Waals surface area (Å²) < 4.78 is 9.56. The summed E-state index contributed by atoms with van der Waals surface area (Å²) in [6.45, 7) is 4.04. The first-order valence-corrected chi connectivity index (χ1v) is 6.23. The summed E-state index contributed by atoms with van der Waals surface area (Å²) in [6, 6.07) is 0. The molecule has 0 saturated heterocycles. The second kappa shape index (κ2) is 9.33. The van der Waals surface area contributed by atoms with Crippen LogP contribution in [0.1, 0.15) is 33.1 Å². The Bertz CT molecular complexity index is 375. The highest BCUT2D eigenvalue weighted by molar-refractivity contribution is 6.20. The lowest BCUT2D eigenvalue weighted by atomic mass is 10.0. The molecule has 5 heteroatoms. The lowest BCUT2D eigenvalue weighted by molar-refractivity contribution is -0.120. The molecule has 0 heterocycles. The zero-order chi connectivity index (χ0) is 14.8. The van der Waals surface area contributed by atoms with E-state index in [1.54, 1.807) is 6.92 Å². The van der Waals surface area contributed by atoms with Gasteiger partial charge in [-0.3, -0.25) is 9.59 Å². The summed E-state index contributed by atoms with van der Waals surface area (Å²) in [5.74, 6) is -0.694. The first-order chi connectivity index (χ1) is 9.03. The second-order valence-electron chi connectivity index (χ2n) is 4.02. The number of ether oxygens (including phenoxy) is 2. The van der Waals surface area contributed by atoms with Crippen LogP contribution in [0.2, 0.25) is 0 Å². The maximum Gasteiger partial charge on any atom is 0.227 e. The van der Waals surface area contributed by atoms with E-state index in [0.29, 0.717) is 12.2 Å². The highest BCUT2D eigenvalue weighted by atomic mass is 16.5. The number of Topliss-reactive ketones (excluding diaryl/α,β-unsaturated/α-hetero) is 1. The fourth-order valence-electron chi connectivity index (χ4n) is 1.46. The van der Waals surface area contributed by atoms with E-state index in [9.17, 15) is 9.59 Å². The van der Waals surface area contributed by atoms with E-state index >= 15 is 0 Å². The van der Waals surface area contributed by atoms with Crippen LogP contribution in [0.3, 0.4) is 0 Å². The zero-order valence-corrected chi connectivity index (χ0v) is 12.0. The highest BCUT2D eigenvalue weighted by Crippen LogP contribution is 2.19. The first-order valence-electron chi connectivity index (χ1n) is 6.23. The van der Waals surface area contributed by atoms with Crippen LogP contribution in [-0.4, -0.2) is 37.5 Å². The molecule has 0 saturated carbocycles. The van der Waals surface area contributed by atoms with E-state index in [4.69, 9.17) is 14.6 Å². The number of carbonyl (C=O) groups excluding carboxylic acids is 2. The molecule has 0 radical (unpaired) electrons. The van der Waals surface area contributed by atoms with Crippen LogP contribution in [0.5, 0.6) is 0 Å². The van der Waals surface area contributed by atoms with E-state index in [-0.39, 0.29) is 23.1 Å². The number of ketones is 2. The second-order valence-corrected chi connectivity index (χ2v) is 4.02. The lowest BCUT2D eigenvalue weighted by Gasteiger charge is -2.14. The van der Waals surface area contributed by atoms with Gasteiger partial charge in [0.15, 0.2) is 0 Å². The molecule has 0 aromatic carbocycles. The SMILES string of the molecule is CCCCCO.COC1=C(OC)C(=O)C(C)=CC1=O. The molecule has 19 heavy (non-hydrogen) atoms. The van der Waals surface area contributed by atoms with Gasteiger partial charge >= 0.3 is 0 Å². The van der Waals surface area contributed by atoms with Gasteiger partial charge in [0.1, 0.15) is 0 Å². The summed E-state index contributed by atoms with van der Waals surface area (Å²) in [5.41, 5.74) is 0.364. The van der Waals surface area contributed by atoms with Gasteiger partial charge in [-0.05, 0) is 19.4 Å². The van der Waals surface area contributed by atoms with Gasteiger partial charge < -0.3 is 14.6 Å². The topological polar surface area (TPSA) is 72.8 Å². The molecule has 0 spiro atoms.